The summed E-state index contributed by atoms with van der Waals surface area (Å²) in [5.74, 6) is 0.0625. The molecule has 25 heavy (non-hydrogen) atoms. The summed E-state index contributed by atoms with van der Waals surface area (Å²) in [5, 5.41) is 14.7. The molecular formula is C17H25N3O5. The largest absolute Gasteiger partial charge is 0.467 e. The average Bonchev–Trinajstić information content (AvgIpc) is 3.21. The molecule has 1 aliphatic rings. The van der Waals surface area contributed by atoms with Crippen molar-refractivity contribution in [3.63, 3.8) is 0 Å². The molecule has 1 aliphatic heterocycles. The Labute approximate surface area is 146 Å². The van der Waals surface area contributed by atoms with Gasteiger partial charge in [0, 0.05) is 6.42 Å². The molecule has 0 radical (unpaired) electrons. The van der Waals surface area contributed by atoms with Gasteiger partial charge >= 0.3 is 6.03 Å². The van der Waals surface area contributed by atoms with E-state index < -0.39 is 12.1 Å². The van der Waals surface area contributed by atoms with Crippen molar-refractivity contribution in [3.05, 3.63) is 24.2 Å². The molecule has 1 saturated heterocycles. The van der Waals surface area contributed by atoms with Gasteiger partial charge in [-0.1, -0.05) is 20.3 Å². The first-order chi connectivity index (χ1) is 12.0. The lowest BCUT2D eigenvalue weighted by Gasteiger charge is -2.22. The zero-order valence-electron chi connectivity index (χ0n) is 14.5. The van der Waals surface area contributed by atoms with Crippen molar-refractivity contribution in [2.45, 2.75) is 51.7 Å². The fourth-order valence-electron chi connectivity index (χ4n) is 2.69. The highest BCUT2D eigenvalue weighted by Gasteiger charge is 2.38. The summed E-state index contributed by atoms with van der Waals surface area (Å²) >= 11 is 0. The quantitative estimate of drug-likeness (QED) is 0.575. The molecule has 1 fully saturated rings. The molecule has 138 valence electrons. The van der Waals surface area contributed by atoms with Crippen LogP contribution in [0.25, 0.3) is 0 Å². The van der Waals surface area contributed by atoms with E-state index in [1.807, 2.05) is 13.8 Å². The minimum absolute atomic E-state index is 0.0704. The fraction of sp³-hybridized carbons (Fsp3) is 0.588. The zero-order chi connectivity index (χ0) is 18.4. The summed E-state index contributed by atoms with van der Waals surface area (Å²) in [7, 11) is 0. The molecule has 8 nitrogen and oxygen atoms in total. The molecule has 2 rings (SSSR count). The number of carbonyl (C=O) groups excluding carboxylic acids is 3. The first-order valence-corrected chi connectivity index (χ1v) is 8.50. The van der Waals surface area contributed by atoms with Crippen LogP contribution in [0.1, 0.15) is 38.9 Å². The Bertz CT molecular complexity index is 601. The topological polar surface area (TPSA) is 112 Å². The van der Waals surface area contributed by atoms with E-state index >= 15 is 0 Å². The number of hydrogen-bond donors (Lipinski definition) is 3. The van der Waals surface area contributed by atoms with Gasteiger partial charge in [-0.25, -0.2) is 4.79 Å². The smallest absolute Gasteiger partial charge is 0.325 e. The SMILES string of the molecule is CCC(C)C(CO)NC(=O)CCC1NC(=O)N(Cc2ccco2)C1=O. The maximum atomic E-state index is 12.3. The summed E-state index contributed by atoms with van der Waals surface area (Å²) in [6.07, 6.45) is 2.62. The van der Waals surface area contributed by atoms with E-state index in [-0.39, 0.29) is 49.8 Å². The van der Waals surface area contributed by atoms with E-state index in [1.54, 1.807) is 12.1 Å². The minimum atomic E-state index is -0.718. The van der Waals surface area contributed by atoms with Crippen molar-refractivity contribution < 1.29 is 23.9 Å². The molecule has 3 N–H and O–H groups in total. The van der Waals surface area contributed by atoms with Gasteiger partial charge in [0.15, 0.2) is 0 Å². The second kappa shape index (κ2) is 8.66. The Balaban J connectivity index is 1.83. The number of aliphatic hydroxyl groups excluding tert-OH is 1. The van der Waals surface area contributed by atoms with Gasteiger partial charge < -0.3 is 20.2 Å². The van der Waals surface area contributed by atoms with Crippen molar-refractivity contribution in [2.75, 3.05) is 6.61 Å². The predicted octanol–water partition coefficient (Wildman–Crippen LogP) is 1.00. The van der Waals surface area contributed by atoms with Crippen molar-refractivity contribution in [1.82, 2.24) is 15.5 Å². The van der Waals surface area contributed by atoms with Gasteiger partial charge in [-0.2, -0.15) is 0 Å². The van der Waals surface area contributed by atoms with Crippen LogP contribution in [0.5, 0.6) is 0 Å². The molecule has 0 bridgehead atoms. The Morgan fingerprint density at radius 3 is 2.84 bits per heavy atom. The molecule has 2 heterocycles. The minimum Gasteiger partial charge on any atom is -0.467 e. The maximum Gasteiger partial charge on any atom is 0.325 e. The van der Waals surface area contributed by atoms with E-state index in [4.69, 9.17) is 4.42 Å². The molecular weight excluding hydrogens is 326 g/mol. The van der Waals surface area contributed by atoms with Gasteiger partial charge in [0.25, 0.3) is 5.91 Å². The number of nitrogens with zero attached hydrogens (tertiary/aromatic N) is 1. The van der Waals surface area contributed by atoms with E-state index in [1.165, 1.54) is 6.26 Å². The molecule has 3 atom stereocenters. The molecule has 0 aliphatic carbocycles. The van der Waals surface area contributed by atoms with Crippen molar-refractivity contribution >= 4 is 17.8 Å². The number of amides is 4. The third-order valence-corrected chi connectivity index (χ3v) is 4.54. The monoisotopic (exact) mass is 351 g/mol. The van der Waals surface area contributed by atoms with Crippen LogP contribution in [0.2, 0.25) is 0 Å². The number of rotatable bonds is 9. The van der Waals surface area contributed by atoms with Crippen molar-refractivity contribution in [2.24, 2.45) is 5.92 Å². The average molecular weight is 351 g/mol. The standard InChI is InChI=1S/C17H25N3O5/c1-3-11(2)14(10-21)18-15(22)7-6-13-16(23)20(17(24)19-13)9-12-5-4-8-25-12/h4-5,8,11,13-14,21H,3,6-7,9-10H2,1-2H3,(H,18,22)(H,19,24). The van der Waals surface area contributed by atoms with Crippen LogP contribution in [0.3, 0.4) is 0 Å². The summed E-state index contributed by atoms with van der Waals surface area (Å²) in [5.41, 5.74) is 0. The van der Waals surface area contributed by atoms with Crippen LogP contribution in [0.4, 0.5) is 4.79 Å². The molecule has 3 unspecified atom stereocenters. The van der Waals surface area contributed by atoms with Gasteiger partial charge in [-0.3, -0.25) is 14.5 Å². The zero-order valence-corrected chi connectivity index (χ0v) is 14.5. The van der Waals surface area contributed by atoms with Gasteiger partial charge in [0.2, 0.25) is 5.91 Å². The lowest BCUT2D eigenvalue weighted by molar-refractivity contribution is -0.128. The van der Waals surface area contributed by atoms with Gasteiger partial charge in [0.1, 0.15) is 11.8 Å². The highest BCUT2D eigenvalue weighted by Crippen LogP contribution is 2.15. The number of carbonyl (C=O) groups is 3. The Hall–Kier alpha value is -2.35. The van der Waals surface area contributed by atoms with Gasteiger partial charge in [-0.05, 0) is 24.5 Å². The van der Waals surface area contributed by atoms with Crippen molar-refractivity contribution in [1.29, 1.82) is 0 Å². The lowest BCUT2D eigenvalue weighted by atomic mass is 9.99. The number of urea groups is 1. The number of imide groups is 1. The van der Waals surface area contributed by atoms with Crippen LogP contribution >= 0.6 is 0 Å². The number of aliphatic hydroxyl groups is 1. The Morgan fingerprint density at radius 1 is 1.48 bits per heavy atom. The second-order valence-electron chi connectivity index (χ2n) is 6.29. The van der Waals surface area contributed by atoms with Gasteiger partial charge in [-0.15, -0.1) is 0 Å². The Morgan fingerprint density at radius 2 is 2.24 bits per heavy atom. The van der Waals surface area contributed by atoms with E-state index in [9.17, 15) is 19.5 Å². The van der Waals surface area contributed by atoms with Gasteiger partial charge in [0.05, 0.1) is 25.5 Å². The van der Waals surface area contributed by atoms with Crippen LogP contribution in [0.15, 0.2) is 22.8 Å². The maximum absolute atomic E-state index is 12.3. The fourth-order valence-corrected chi connectivity index (χ4v) is 2.69. The highest BCUT2D eigenvalue weighted by atomic mass is 16.3. The molecule has 4 amide bonds. The number of furan rings is 1. The van der Waals surface area contributed by atoms with Crippen LogP contribution in [0, 0.1) is 5.92 Å². The second-order valence-corrected chi connectivity index (χ2v) is 6.29. The predicted molar refractivity (Wildman–Crippen MR) is 89.3 cm³/mol. The lowest BCUT2D eigenvalue weighted by Crippen LogP contribution is -2.42. The Kier molecular flexibility index (Phi) is 6.58. The van der Waals surface area contributed by atoms with E-state index in [0.29, 0.717) is 5.76 Å². The third-order valence-electron chi connectivity index (χ3n) is 4.54. The molecule has 0 aromatic carbocycles. The molecule has 0 saturated carbocycles. The van der Waals surface area contributed by atoms with E-state index in [0.717, 1.165) is 11.3 Å². The first-order valence-electron chi connectivity index (χ1n) is 8.50. The number of hydrogen-bond acceptors (Lipinski definition) is 5. The summed E-state index contributed by atoms with van der Waals surface area (Å²) in [6.45, 7) is 3.88. The molecule has 1 aromatic rings. The summed E-state index contributed by atoms with van der Waals surface area (Å²) < 4.78 is 5.15. The molecule has 1 aromatic heterocycles. The normalized spacial score (nSPS) is 19.6. The molecule has 0 spiro atoms. The summed E-state index contributed by atoms with van der Waals surface area (Å²) in [6, 6.07) is 1.86. The van der Waals surface area contributed by atoms with Crippen LogP contribution in [-0.2, 0) is 16.1 Å². The summed E-state index contributed by atoms with van der Waals surface area (Å²) in [4.78, 5) is 37.4. The van der Waals surface area contributed by atoms with E-state index in [2.05, 4.69) is 10.6 Å². The van der Waals surface area contributed by atoms with Crippen LogP contribution in [-0.4, -0.2) is 46.5 Å². The first kappa shape index (κ1) is 19.0. The van der Waals surface area contributed by atoms with Crippen molar-refractivity contribution in [3.8, 4) is 0 Å². The highest BCUT2D eigenvalue weighted by molar-refractivity contribution is 6.04. The third kappa shape index (κ3) is 4.82. The molecule has 8 heteroatoms. The number of nitrogens with one attached hydrogen (secondary N) is 2. The van der Waals surface area contributed by atoms with Crippen LogP contribution < -0.4 is 10.6 Å².